The summed E-state index contributed by atoms with van der Waals surface area (Å²) in [5.74, 6) is -2.21. The number of carboxylic acid groups (broad SMARTS) is 1. The van der Waals surface area contributed by atoms with Crippen LogP contribution in [0.3, 0.4) is 0 Å². The maximum Gasteiger partial charge on any atom is 0.412 e. The van der Waals surface area contributed by atoms with Gasteiger partial charge in [0.1, 0.15) is 21.9 Å². The fourth-order valence-electron chi connectivity index (χ4n) is 4.53. The smallest absolute Gasteiger partial charge is 0.412 e. The summed E-state index contributed by atoms with van der Waals surface area (Å²) in [5, 5.41) is 25.3. The quantitative estimate of drug-likeness (QED) is 0.198. The number of carboxylic acids is 1. The van der Waals surface area contributed by atoms with Crippen LogP contribution in [0, 0.1) is 5.82 Å². The van der Waals surface area contributed by atoms with Crippen LogP contribution in [0.4, 0.5) is 14.9 Å². The fraction of sp³-hybridized carbons (Fsp3) is 0.276. The lowest BCUT2D eigenvalue weighted by molar-refractivity contribution is 0.0633. The summed E-state index contributed by atoms with van der Waals surface area (Å²) >= 11 is 13.3. The Hall–Kier alpha value is -3.44. The molecule has 3 aromatic rings. The number of aromatic carboxylic acids is 1. The Labute approximate surface area is 250 Å². The van der Waals surface area contributed by atoms with Crippen molar-refractivity contribution in [3.05, 3.63) is 85.7 Å². The van der Waals surface area contributed by atoms with Crippen LogP contribution in [-0.2, 0) is 10.3 Å². The van der Waals surface area contributed by atoms with Gasteiger partial charge in [-0.1, -0.05) is 41.9 Å². The molecular formula is C29H28Cl2FN3O5S. The van der Waals surface area contributed by atoms with Crippen LogP contribution in [0.15, 0.2) is 53.5 Å². The Morgan fingerprint density at radius 2 is 2.02 bits per heavy atom. The van der Waals surface area contributed by atoms with Gasteiger partial charge in [0.2, 0.25) is 0 Å². The molecule has 8 nitrogen and oxygen atoms in total. The number of hydrogen-bond acceptors (Lipinski definition) is 6. The van der Waals surface area contributed by atoms with Crippen molar-refractivity contribution in [1.29, 1.82) is 0 Å². The van der Waals surface area contributed by atoms with Crippen LogP contribution in [0.2, 0.25) is 10.2 Å². The molecule has 12 heteroatoms. The van der Waals surface area contributed by atoms with Crippen molar-refractivity contribution in [2.24, 2.45) is 0 Å². The van der Waals surface area contributed by atoms with E-state index >= 15 is 0 Å². The highest BCUT2D eigenvalue weighted by atomic mass is 35.5. The van der Waals surface area contributed by atoms with Gasteiger partial charge in [-0.2, -0.15) is 0 Å². The third kappa shape index (κ3) is 6.25. The molecule has 1 amide bonds. The zero-order valence-corrected chi connectivity index (χ0v) is 25.0. The number of hydrogen-bond donors (Lipinski definition) is 4. The molecule has 0 saturated heterocycles. The van der Waals surface area contributed by atoms with Crippen molar-refractivity contribution in [1.82, 2.24) is 9.97 Å². The molecule has 2 heterocycles. The Kier molecular flexibility index (Phi) is 8.52. The lowest BCUT2D eigenvalue weighted by Crippen LogP contribution is -2.27. The normalized spacial score (nSPS) is 17.6. The number of carbonyl (C=O) groups excluding carboxylic acids is 1. The van der Waals surface area contributed by atoms with Gasteiger partial charge in [0.25, 0.3) is 0 Å². The second-order valence-corrected chi connectivity index (χ2v) is 12.2. The first-order valence-corrected chi connectivity index (χ1v) is 14.1. The minimum absolute atomic E-state index is 0.0422. The SMILES string of the molecule is C=C/C(=C\C1=C(C)C(O)(c2nc(Cl)c(-c3csc(C(=O)O)c3F)[nH]2)CC1)c1cc(Cl)ccc1NC(=O)OC(C)(C)C. The number of thiophene rings is 1. The molecule has 2 aromatic heterocycles. The summed E-state index contributed by atoms with van der Waals surface area (Å²) in [5.41, 5.74) is 0.861. The summed E-state index contributed by atoms with van der Waals surface area (Å²) in [4.78, 5) is 30.5. The predicted octanol–water partition coefficient (Wildman–Crippen LogP) is 8.20. The van der Waals surface area contributed by atoms with Crippen LogP contribution in [-0.4, -0.2) is 37.8 Å². The van der Waals surface area contributed by atoms with E-state index in [9.17, 15) is 24.2 Å². The number of anilines is 1. The number of carbonyl (C=O) groups is 2. The van der Waals surface area contributed by atoms with E-state index in [2.05, 4.69) is 21.9 Å². The number of H-pyrrole nitrogens is 1. The number of aromatic nitrogens is 2. The molecule has 0 bridgehead atoms. The van der Waals surface area contributed by atoms with Crippen LogP contribution in [0.1, 0.15) is 61.6 Å². The monoisotopic (exact) mass is 619 g/mol. The van der Waals surface area contributed by atoms with Crippen LogP contribution < -0.4 is 5.32 Å². The lowest BCUT2D eigenvalue weighted by Gasteiger charge is -2.22. The maximum absolute atomic E-state index is 14.7. The molecule has 0 aliphatic heterocycles. The van der Waals surface area contributed by atoms with E-state index in [0.29, 0.717) is 33.8 Å². The van der Waals surface area contributed by atoms with E-state index in [4.69, 9.17) is 27.9 Å². The standard InChI is InChI=1S/C29H28Cl2FN3O5S/c1-6-15(18-12-17(30)7-8-20(18)33-27(38)40-28(3,4)5)11-16-9-10-29(39,14(16)2)26-34-22(24(31)35-26)19-13-41-23(21(19)32)25(36)37/h6-8,11-13,39H,1,9-10H2,2-5H3,(H,33,38)(H,34,35)(H,36,37)/b15-11+. The predicted molar refractivity (Wildman–Crippen MR) is 159 cm³/mol. The number of allylic oxidation sites excluding steroid dienone is 4. The third-order valence-electron chi connectivity index (χ3n) is 6.58. The van der Waals surface area contributed by atoms with Gasteiger partial charge >= 0.3 is 12.1 Å². The number of amides is 1. The molecule has 4 N–H and O–H groups in total. The number of nitrogens with zero attached hydrogens (tertiary/aromatic N) is 1. The van der Waals surface area contributed by atoms with Gasteiger partial charge in [-0.05, 0) is 75.5 Å². The average molecular weight is 621 g/mol. The number of aromatic amines is 1. The highest BCUT2D eigenvalue weighted by Crippen LogP contribution is 2.45. The summed E-state index contributed by atoms with van der Waals surface area (Å²) in [6, 6.07) is 5.00. The van der Waals surface area contributed by atoms with Gasteiger partial charge in [-0.3, -0.25) is 5.32 Å². The largest absolute Gasteiger partial charge is 0.477 e. The van der Waals surface area contributed by atoms with Crippen molar-refractivity contribution in [3.8, 4) is 11.3 Å². The second-order valence-electron chi connectivity index (χ2n) is 10.5. The Bertz CT molecular complexity index is 1620. The minimum atomic E-state index is -1.55. The van der Waals surface area contributed by atoms with E-state index < -0.39 is 34.0 Å². The Balaban J connectivity index is 1.70. The van der Waals surface area contributed by atoms with Crippen LogP contribution >= 0.6 is 34.5 Å². The van der Waals surface area contributed by atoms with Crippen molar-refractivity contribution < 1.29 is 28.9 Å². The number of aliphatic hydroxyl groups is 1. The average Bonchev–Trinajstić information content (AvgIpc) is 3.54. The molecule has 41 heavy (non-hydrogen) atoms. The molecule has 1 aliphatic rings. The molecule has 1 unspecified atom stereocenters. The highest BCUT2D eigenvalue weighted by Gasteiger charge is 2.41. The summed E-state index contributed by atoms with van der Waals surface area (Å²) in [6.45, 7) is 11.0. The lowest BCUT2D eigenvalue weighted by atomic mass is 9.94. The number of halogens is 3. The van der Waals surface area contributed by atoms with Gasteiger partial charge in [0.15, 0.2) is 11.0 Å². The van der Waals surface area contributed by atoms with Crippen LogP contribution in [0.25, 0.3) is 16.8 Å². The molecule has 1 atom stereocenters. The van der Waals surface area contributed by atoms with Crippen molar-refractivity contribution in [3.63, 3.8) is 0 Å². The van der Waals surface area contributed by atoms with E-state index in [1.165, 1.54) is 5.38 Å². The molecule has 0 radical (unpaired) electrons. The Morgan fingerprint density at radius 3 is 2.63 bits per heavy atom. The molecule has 1 aliphatic carbocycles. The van der Waals surface area contributed by atoms with E-state index in [-0.39, 0.29) is 28.7 Å². The minimum Gasteiger partial charge on any atom is -0.477 e. The zero-order chi connectivity index (χ0) is 30.3. The zero-order valence-electron chi connectivity index (χ0n) is 22.7. The summed E-state index contributed by atoms with van der Waals surface area (Å²) in [7, 11) is 0. The first-order chi connectivity index (χ1) is 19.1. The molecule has 1 aromatic carbocycles. The molecule has 0 spiro atoms. The first-order valence-electron chi connectivity index (χ1n) is 12.5. The van der Waals surface area contributed by atoms with Gasteiger partial charge in [-0.15, -0.1) is 11.3 Å². The molecule has 0 saturated carbocycles. The summed E-state index contributed by atoms with van der Waals surface area (Å²) < 4.78 is 20.1. The van der Waals surface area contributed by atoms with Gasteiger partial charge in [0, 0.05) is 21.5 Å². The van der Waals surface area contributed by atoms with E-state index in [0.717, 1.165) is 16.9 Å². The first kappa shape index (κ1) is 30.5. The number of imidazole rings is 1. The van der Waals surface area contributed by atoms with E-state index in [1.54, 1.807) is 52.0 Å². The second kappa shape index (κ2) is 11.4. The van der Waals surface area contributed by atoms with E-state index in [1.807, 2.05) is 6.08 Å². The number of ether oxygens (including phenoxy) is 1. The fourth-order valence-corrected chi connectivity index (χ4v) is 5.70. The third-order valence-corrected chi connectivity index (χ3v) is 8.03. The topological polar surface area (TPSA) is 125 Å². The van der Waals surface area contributed by atoms with Crippen LogP contribution in [0.5, 0.6) is 0 Å². The summed E-state index contributed by atoms with van der Waals surface area (Å²) in [6.07, 6.45) is 3.54. The maximum atomic E-state index is 14.7. The van der Waals surface area contributed by atoms with Gasteiger partial charge < -0.3 is 19.9 Å². The molecule has 0 fully saturated rings. The molecular weight excluding hydrogens is 592 g/mol. The highest BCUT2D eigenvalue weighted by molar-refractivity contribution is 7.12. The van der Waals surface area contributed by atoms with Gasteiger partial charge in [-0.25, -0.2) is 19.0 Å². The molecule has 216 valence electrons. The number of rotatable bonds is 7. The van der Waals surface area contributed by atoms with Gasteiger partial charge in [0.05, 0.1) is 11.4 Å². The number of benzene rings is 1. The Morgan fingerprint density at radius 1 is 1.32 bits per heavy atom. The number of nitrogens with one attached hydrogen (secondary N) is 2. The van der Waals surface area contributed by atoms with Crippen molar-refractivity contribution in [2.45, 2.75) is 51.7 Å². The van der Waals surface area contributed by atoms with Crippen molar-refractivity contribution in [2.75, 3.05) is 5.32 Å². The molecule has 4 rings (SSSR count). The van der Waals surface area contributed by atoms with Crippen molar-refractivity contribution >= 4 is 57.9 Å².